The molecule has 0 aliphatic heterocycles. The van der Waals surface area contributed by atoms with Gasteiger partial charge in [-0.25, -0.2) is 9.37 Å². The Morgan fingerprint density at radius 2 is 2.17 bits per heavy atom. The lowest BCUT2D eigenvalue weighted by Crippen LogP contribution is -2.02. The van der Waals surface area contributed by atoms with E-state index in [0.29, 0.717) is 16.3 Å². The highest BCUT2D eigenvalue weighted by Gasteiger charge is 2.12. The van der Waals surface area contributed by atoms with E-state index in [9.17, 15) is 4.39 Å². The van der Waals surface area contributed by atoms with Gasteiger partial charge in [0.05, 0.1) is 5.02 Å². The zero-order valence-corrected chi connectivity index (χ0v) is 10.5. The van der Waals surface area contributed by atoms with Crippen molar-refractivity contribution in [3.8, 4) is 11.6 Å². The molecular weight excluding hydrogens is 255 g/mol. The molecule has 1 aromatic carbocycles. The van der Waals surface area contributed by atoms with E-state index in [2.05, 4.69) is 4.98 Å². The van der Waals surface area contributed by atoms with Crippen LogP contribution < -0.4 is 10.5 Å². The fourth-order valence-electron chi connectivity index (χ4n) is 1.48. The molecule has 2 rings (SSSR count). The van der Waals surface area contributed by atoms with Crippen LogP contribution >= 0.6 is 11.6 Å². The Labute approximate surface area is 109 Å². The van der Waals surface area contributed by atoms with Crippen LogP contribution in [0.15, 0.2) is 30.5 Å². The number of hydrogen-bond donors (Lipinski definition) is 1. The van der Waals surface area contributed by atoms with Crippen molar-refractivity contribution in [2.45, 2.75) is 13.5 Å². The lowest BCUT2D eigenvalue weighted by molar-refractivity contribution is 0.419. The van der Waals surface area contributed by atoms with E-state index in [1.165, 1.54) is 12.3 Å². The third kappa shape index (κ3) is 2.60. The molecule has 0 aliphatic rings. The minimum Gasteiger partial charge on any atom is -0.435 e. The molecule has 0 amide bonds. The lowest BCUT2D eigenvalue weighted by atomic mass is 10.2. The number of aromatic nitrogens is 1. The number of pyridine rings is 1. The van der Waals surface area contributed by atoms with Gasteiger partial charge in [-0.2, -0.15) is 0 Å². The fourth-order valence-corrected chi connectivity index (χ4v) is 1.64. The molecule has 0 fully saturated rings. The quantitative estimate of drug-likeness (QED) is 0.926. The molecule has 3 nitrogen and oxygen atoms in total. The highest BCUT2D eigenvalue weighted by molar-refractivity contribution is 6.32. The van der Waals surface area contributed by atoms with Gasteiger partial charge in [-0.15, -0.1) is 0 Å². The molecule has 94 valence electrons. The van der Waals surface area contributed by atoms with Crippen LogP contribution in [-0.4, -0.2) is 4.98 Å². The summed E-state index contributed by atoms with van der Waals surface area (Å²) in [6.07, 6.45) is 1.45. The van der Waals surface area contributed by atoms with Crippen molar-refractivity contribution in [2.75, 3.05) is 0 Å². The summed E-state index contributed by atoms with van der Waals surface area (Å²) in [6.45, 7) is 1.98. The van der Waals surface area contributed by atoms with E-state index in [1.54, 1.807) is 12.1 Å². The zero-order valence-electron chi connectivity index (χ0n) is 9.78. The maximum Gasteiger partial charge on any atom is 0.256 e. The first kappa shape index (κ1) is 12.8. The molecule has 1 heterocycles. The number of benzene rings is 1. The molecule has 2 aromatic rings. The molecule has 0 saturated carbocycles. The Balaban J connectivity index is 2.37. The standard InChI is InChI=1S/C13H12ClFN2O/c1-8-2-3-10(14)11(6-8)18-13-12(15)9(7-16)4-5-17-13/h2-6H,7,16H2,1H3. The Morgan fingerprint density at radius 3 is 2.89 bits per heavy atom. The number of nitrogens with two attached hydrogens (primary N) is 1. The van der Waals surface area contributed by atoms with Crippen molar-refractivity contribution in [1.29, 1.82) is 0 Å². The zero-order chi connectivity index (χ0) is 13.1. The number of aryl methyl sites for hydroxylation is 1. The van der Waals surface area contributed by atoms with E-state index < -0.39 is 5.82 Å². The molecule has 2 N–H and O–H groups in total. The summed E-state index contributed by atoms with van der Waals surface area (Å²) >= 11 is 5.97. The number of ether oxygens (including phenoxy) is 1. The summed E-state index contributed by atoms with van der Waals surface area (Å²) in [4.78, 5) is 3.84. The van der Waals surface area contributed by atoms with Crippen LogP contribution in [0.25, 0.3) is 0 Å². The summed E-state index contributed by atoms with van der Waals surface area (Å²) in [5.74, 6) is -0.305. The largest absolute Gasteiger partial charge is 0.435 e. The van der Waals surface area contributed by atoms with Crippen LogP contribution in [0.1, 0.15) is 11.1 Å². The SMILES string of the molecule is Cc1ccc(Cl)c(Oc2nccc(CN)c2F)c1. The van der Waals surface area contributed by atoms with Crippen LogP contribution in [0.2, 0.25) is 5.02 Å². The maximum absolute atomic E-state index is 13.9. The van der Waals surface area contributed by atoms with Gasteiger partial charge in [-0.1, -0.05) is 17.7 Å². The third-order valence-corrected chi connectivity index (χ3v) is 2.76. The van der Waals surface area contributed by atoms with E-state index in [1.807, 2.05) is 13.0 Å². The van der Waals surface area contributed by atoms with Crippen LogP contribution in [0, 0.1) is 12.7 Å². The molecule has 0 bridgehead atoms. The molecule has 0 atom stereocenters. The molecule has 5 heteroatoms. The average Bonchev–Trinajstić information content (AvgIpc) is 2.36. The Kier molecular flexibility index (Phi) is 3.79. The van der Waals surface area contributed by atoms with Gasteiger partial charge >= 0.3 is 0 Å². The van der Waals surface area contributed by atoms with Gasteiger partial charge in [-0.05, 0) is 30.7 Å². The van der Waals surface area contributed by atoms with Crippen LogP contribution in [0.4, 0.5) is 4.39 Å². The second-order valence-electron chi connectivity index (χ2n) is 3.83. The van der Waals surface area contributed by atoms with Gasteiger partial charge < -0.3 is 10.5 Å². The van der Waals surface area contributed by atoms with Crippen LogP contribution in [0.5, 0.6) is 11.6 Å². The predicted octanol–water partition coefficient (Wildman–Crippen LogP) is 3.43. The third-order valence-electron chi connectivity index (χ3n) is 2.45. The minimum absolute atomic E-state index is 0.0895. The molecule has 0 aliphatic carbocycles. The Bertz CT molecular complexity index is 575. The van der Waals surface area contributed by atoms with Crippen molar-refractivity contribution in [2.24, 2.45) is 5.73 Å². The number of hydrogen-bond acceptors (Lipinski definition) is 3. The van der Waals surface area contributed by atoms with E-state index in [4.69, 9.17) is 22.1 Å². The van der Waals surface area contributed by atoms with Gasteiger partial charge in [0, 0.05) is 18.3 Å². The topological polar surface area (TPSA) is 48.1 Å². The van der Waals surface area contributed by atoms with Crippen molar-refractivity contribution in [1.82, 2.24) is 4.98 Å². The van der Waals surface area contributed by atoms with Gasteiger partial charge in [0.2, 0.25) is 0 Å². The predicted molar refractivity (Wildman–Crippen MR) is 68.3 cm³/mol. The lowest BCUT2D eigenvalue weighted by Gasteiger charge is -2.09. The molecule has 0 saturated heterocycles. The summed E-state index contributed by atoms with van der Waals surface area (Å²) < 4.78 is 19.3. The Hall–Kier alpha value is -1.65. The highest BCUT2D eigenvalue weighted by Crippen LogP contribution is 2.30. The summed E-state index contributed by atoms with van der Waals surface area (Å²) in [5.41, 5.74) is 6.73. The number of nitrogens with zero attached hydrogens (tertiary/aromatic N) is 1. The van der Waals surface area contributed by atoms with E-state index in [-0.39, 0.29) is 12.4 Å². The van der Waals surface area contributed by atoms with Crippen LogP contribution in [0.3, 0.4) is 0 Å². The first-order valence-electron chi connectivity index (χ1n) is 5.39. The molecular formula is C13H12ClFN2O. The molecule has 0 radical (unpaired) electrons. The summed E-state index contributed by atoms with van der Waals surface area (Å²) in [7, 11) is 0. The Morgan fingerprint density at radius 1 is 1.39 bits per heavy atom. The van der Waals surface area contributed by atoms with Crippen molar-refractivity contribution < 1.29 is 9.13 Å². The van der Waals surface area contributed by atoms with Crippen molar-refractivity contribution >= 4 is 11.6 Å². The van der Waals surface area contributed by atoms with Gasteiger partial charge in [-0.3, -0.25) is 0 Å². The smallest absolute Gasteiger partial charge is 0.256 e. The molecule has 0 unspecified atom stereocenters. The van der Waals surface area contributed by atoms with Crippen molar-refractivity contribution in [3.05, 3.63) is 52.4 Å². The average molecular weight is 267 g/mol. The summed E-state index contributed by atoms with van der Waals surface area (Å²) in [5, 5.41) is 0.403. The minimum atomic E-state index is -0.558. The monoisotopic (exact) mass is 266 g/mol. The first-order chi connectivity index (χ1) is 8.61. The van der Waals surface area contributed by atoms with Crippen LogP contribution in [-0.2, 0) is 6.54 Å². The highest BCUT2D eigenvalue weighted by atomic mass is 35.5. The fraction of sp³-hybridized carbons (Fsp3) is 0.154. The van der Waals surface area contributed by atoms with Crippen molar-refractivity contribution in [3.63, 3.8) is 0 Å². The van der Waals surface area contributed by atoms with E-state index in [0.717, 1.165) is 5.56 Å². The normalized spacial score (nSPS) is 10.4. The summed E-state index contributed by atoms with van der Waals surface area (Å²) in [6, 6.07) is 6.77. The van der Waals surface area contributed by atoms with E-state index >= 15 is 0 Å². The van der Waals surface area contributed by atoms with Gasteiger partial charge in [0.1, 0.15) is 5.75 Å². The maximum atomic E-state index is 13.9. The number of halogens is 2. The second-order valence-corrected chi connectivity index (χ2v) is 4.24. The molecule has 18 heavy (non-hydrogen) atoms. The first-order valence-corrected chi connectivity index (χ1v) is 5.77. The van der Waals surface area contributed by atoms with Gasteiger partial charge in [0.15, 0.2) is 5.82 Å². The number of rotatable bonds is 3. The molecule has 0 spiro atoms. The van der Waals surface area contributed by atoms with Gasteiger partial charge in [0.25, 0.3) is 5.88 Å². The second kappa shape index (κ2) is 5.33. The molecule has 1 aromatic heterocycles.